The van der Waals surface area contributed by atoms with Crippen LogP contribution in [0.25, 0.3) is 5.65 Å². The number of aromatic nitrogens is 5. The molecule has 0 fully saturated rings. The number of nitrogens with zero attached hydrogens (tertiary/aromatic N) is 4. The summed E-state index contributed by atoms with van der Waals surface area (Å²) < 4.78 is 7.56. The number of ether oxygens (including phenoxy) is 1. The van der Waals surface area contributed by atoms with E-state index in [2.05, 4.69) is 20.3 Å². The lowest BCUT2D eigenvalue weighted by molar-refractivity contribution is 0.294. The van der Waals surface area contributed by atoms with Crippen LogP contribution in [0.3, 0.4) is 0 Å². The summed E-state index contributed by atoms with van der Waals surface area (Å²) in [6.07, 6.45) is 1.53. The molecule has 18 heavy (non-hydrogen) atoms. The summed E-state index contributed by atoms with van der Waals surface area (Å²) in [5, 5.41) is 11.2. The number of fused-ring (bicyclic) bond motifs is 1. The van der Waals surface area contributed by atoms with Crippen molar-refractivity contribution in [2.45, 2.75) is 20.5 Å². The smallest absolute Gasteiger partial charge is 0.163 e. The minimum Gasteiger partial charge on any atom is -0.483 e. The first-order valence-electron chi connectivity index (χ1n) is 5.67. The summed E-state index contributed by atoms with van der Waals surface area (Å²) in [4.78, 5) is 4.14. The lowest BCUT2D eigenvalue weighted by Crippen LogP contribution is -2.04. The van der Waals surface area contributed by atoms with Gasteiger partial charge in [0.05, 0.1) is 11.4 Å². The molecular formula is C12H13N5O. The normalized spacial score (nSPS) is 11.0. The molecule has 3 aromatic heterocycles. The molecule has 6 heteroatoms. The van der Waals surface area contributed by atoms with E-state index in [1.807, 2.05) is 32.0 Å². The topological polar surface area (TPSA) is 68.1 Å². The molecule has 3 aromatic rings. The lowest BCUT2D eigenvalue weighted by atomic mass is 10.3. The van der Waals surface area contributed by atoms with Crippen molar-refractivity contribution >= 4 is 5.65 Å². The largest absolute Gasteiger partial charge is 0.483 e. The zero-order valence-corrected chi connectivity index (χ0v) is 10.2. The Balaban J connectivity index is 1.87. The molecule has 0 aromatic carbocycles. The highest BCUT2D eigenvalue weighted by Gasteiger charge is 2.09. The van der Waals surface area contributed by atoms with Gasteiger partial charge in [0.15, 0.2) is 11.4 Å². The average molecular weight is 243 g/mol. The molecule has 0 radical (unpaired) electrons. The molecule has 0 bridgehead atoms. The van der Waals surface area contributed by atoms with Crippen molar-refractivity contribution in [2.75, 3.05) is 0 Å². The molecule has 3 rings (SSSR count). The summed E-state index contributed by atoms with van der Waals surface area (Å²) in [7, 11) is 0. The van der Waals surface area contributed by atoms with Gasteiger partial charge in [0.25, 0.3) is 0 Å². The van der Waals surface area contributed by atoms with Crippen molar-refractivity contribution in [3.63, 3.8) is 0 Å². The molecule has 1 N–H and O–H groups in total. The molecule has 0 aliphatic rings. The maximum absolute atomic E-state index is 5.79. The molecule has 0 unspecified atom stereocenters. The minimum atomic E-state index is 0.432. The fraction of sp³-hybridized carbons (Fsp3) is 0.250. The van der Waals surface area contributed by atoms with Crippen molar-refractivity contribution in [1.82, 2.24) is 24.8 Å². The van der Waals surface area contributed by atoms with Crippen LogP contribution in [0.2, 0.25) is 0 Å². The van der Waals surface area contributed by atoms with E-state index in [-0.39, 0.29) is 0 Å². The van der Waals surface area contributed by atoms with Crippen LogP contribution in [0.15, 0.2) is 24.5 Å². The van der Waals surface area contributed by atoms with Gasteiger partial charge in [0.1, 0.15) is 18.6 Å². The van der Waals surface area contributed by atoms with Gasteiger partial charge in [-0.1, -0.05) is 6.07 Å². The second-order valence-corrected chi connectivity index (χ2v) is 4.10. The van der Waals surface area contributed by atoms with Gasteiger partial charge < -0.3 is 4.74 Å². The maximum atomic E-state index is 5.79. The summed E-state index contributed by atoms with van der Waals surface area (Å²) in [6, 6.07) is 5.81. The summed E-state index contributed by atoms with van der Waals surface area (Å²) in [6.45, 7) is 4.28. The van der Waals surface area contributed by atoms with Crippen LogP contribution in [-0.2, 0) is 6.61 Å². The van der Waals surface area contributed by atoms with Crippen molar-refractivity contribution in [1.29, 1.82) is 0 Å². The van der Waals surface area contributed by atoms with Crippen molar-refractivity contribution < 1.29 is 4.74 Å². The van der Waals surface area contributed by atoms with Crippen molar-refractivity contribution in [2.24, 2.45) is 0 Å². The molecule has 0 saturated heterocycles. The van der Waals surface area contributed by atoms with Crippen LogP contribution in [0, 0.1) is 13.8 Å². The van der Waals surface area contributed by atoms with Gasteiger partial charge in [0.2, 0.25) is 0 Å². The number of aryl methyl sites for hydroxylation is 2. The number of rotatable bonds is 3. The molecule has 92 valence electrons. The maximum Gasteiger partial charge on any atom is 0.163 e. The number of hydrogen-bond acceptors (Lipinski definition) is 4. The second-order valence-electron chi connectivity index (χ2n) is 4.10. The third kappa shape index (κ3) is 1.71. The summed E-state index contributed by atoms with van der Waals surface area (Å²) >= 11 is 0. The van der Waals surface area contributed by atoms with Gasteiger partial charge in [-0.15, -0.1) is 0 Å². The van der Waals surface area contributed by atoms with Crippen LogP contribution >= 0.6 is 0 Å². The Bertz CT molecular complexity index is 665. The molecule has 6 nitrogen and oxygen atoms in total. The molecule has 0 saturated carbocycles. The van der Waals surface area contributed by atoms with E-state index >= 15 is 0 Å². The van der Waals surface area contributed by atoms with Gasteiger partial charge in [-0.05, 0) is 26.0 Å². The van der Waals surface area contributed by atoms with Gasteiger partial charge in [-0.2, -0.15) is 10.2 Å². The van der Waals surface area contributed by atoms with Crippen LogP contribution in [-0.4, -0.2) is 24.8 Å². The Morgan fingerprint density at radius 2 is 2.22 bits per heavy atom. The Morgan fingerprint density at radius 1 is 1.33 bits per heavy atom. The fourth-order valence-corrected chi connectivity index (χ4v) is 1.91. The quantitative estimate of drug-likeness (QED) is 0.759. The zero-order chi connectivity index (χ0) is 12.5. The molecule has 0 atom stereocenters. The van der Waals surface area contributed by atoms with Crippen LogP contribution in [0.1, 0.15) is 17.1 Å². The highest BCUT2D eigenvalue weighted by atomic mass is 16.5. The van der Waals surface area contributed by atoms with Gasteiger partial charge in [0, 0.05) is 0 Å². The van der Waals surface area contributed by atoms with Crippen LogP contribution in [0.4, 0.5) is 0 Å². The van der Waals surface area contributed by atoms with E-state index in [0.717, 1.165) is 28.5 Å². The highest BCUT2D eigenvalue weighted by molar-refractivity contribution is 5.37. The van der Waals surface area contributed by atoms with E-state index in [1.54, 1.807) is 4.52 Å². The molecule has 0 aliphatic carbocycles. The Morgan fingerprint density at radius 3 is 3.00 bits per heavy atom. The molecule has 0 aliphatic heterocycles. The monoisotopic (exact) mass is 243 g/mol. The van der Waals surface area contributed by atoms with Crippen molar-refractivity contribution in [3.05, 3.63) is 41.6 Å². The van der Waals surface area contributed by atoms with Gasteiger partial charge in [-0.3, -0.25) is 5.10 Å². The Hall–Kier alpha value is -2.37. The van der Waals surface area contributed by atoms with Crippen LogP contribution < -0.4 is 4.74 Å². The third-order valence-corrected chi connectivity index (χ3v) is 2.80. The predicted octanol–water partition coefficient (Wildman–Crippen LogP) is 1.65. The van der Waals surface area contributed by atoms with Gasteiger partial charge in [-0.25, -0.2) is 9.50 Å². The minimum absolute atomic E-state index is 0.432. The number of aromatic amines is 1. The Kier molecular flexibility index (Phi) is 2.47. The first kappa shape index (κ1) is 10.8. The predicted molar refractivity (Wildman–Crippen MR) is 65.4 cm³/mol. The van der Waals surface area contributed by atoms with E-state index in [0.29, 0.717) is 6.61 Å². The number of hydrogen-bond donors (Lipinski definition) is 1. The molecule has 0 amide bonds. The number of nitrogens with one attached hydrogen (secondary N) is 1. The van der Waals surface area contributed by atoms with E-state index < -0.39 is 0 Å². The first-order valence-corrected chi connectivity index (χ1v) is 5.67. The Labute approximate surface area is 104 Å². The third-order valence-electron chi connectivity index (χ3n) is 2.80. The lowest BCUT2D eigenvalue weighted by Gasteiger charge is -2.07. The van der Waals surface area contributed by atoms with E-state index in [4.69, 9.17) is 4.74 Å². The standard InChI is InChI=1S/C12H13N5O/c1-8-12(9(2)16-15-8)18-6-10-4-3-5-11-13-7-14-17(10)11/h3-5,7H,6H2,1-2H3,(H,15,16). The second kappa shape index (κ2) is 4.14. The average Bonchev–Trinajstić information content (AvgIpc) is 2.95. The molecular weight excluding hydrogens is 230 g/mol. The number of H-pyrrole nitrogens is 1. The van der Waals surface area contributed by atoms with E-state index in [9.17, 15) is 0 Å². The number of pyridine rings is 1. The van der Waals surface area contributed by atoms with E-state index in [1.165, 1.54) is 6.33 Å². The van der Waals surface area contributed by atoms with Gasteiger partial charge >= 0.3 is 0 Å². The summed E-state index contributed by atoms with van der Waals surface area (Å²) in [5.74, 6) is 0.798. The van der Waals surface area contributed by atoms with Crippen LogP contribution in [0.5, 0.6) is 5.75 Å². The summed E-state index contributed by atoms with van der Waals surface area (Å²) in [5.41, 5.74) is 3.55. The zero-order valence-electron chi connectivity index (χ0n) is 10.2. The van der Waals surface area contributed by atoms with Crippen molar-refractivity contribution in [3.8, 4) is 5.75 Å². The SMILES string of the molecule is Cc1n[nH]c(C)c1OCc1cccc2ncnn12. The molecule has 3 heterocycles. The highest BCUT2D eigenvalue weighted by Crippen LogP contribution is 2.20. The first-order chi connectivity index (χ1) is 8.75. The fourth-order valence-electron chi connectivity index (χ4n) is 1.91. The molecule has 0 spiro atoms.